The SMILES string of the molecule is OC(CC1CCCCCC1)c1cc(F)ccc1F. The minimum atomic E-state index is -0.885. The average molecular weight is 254 g/mol. The minimum Gasteiger partial charge on any atom is -0.388 e. The van der Waals surface area contributed by atoms with Crippen molar-refractivity contribution < 1.29 is 13.9 Å². The van der Waals surface area contributed by atoms with Crippen molar-refractivity contribution in [1.29, 1.82) is 0 Å². The van der Waals surface area contributed by atoms with Crippen LogP contribution in [-0.4, -0.2) is 5.11 Å². The normalized spacial score (nSPS) is 19.5. The van der Waals surface area contributed by atoms with Gasteiger partial charge in [-0.05, 0) is 30.5 Å². The summed E-state index contributed by atoms with van der Waals surface area (Å²) in [5, 5.41) is 10.1. The van der Waals surface area contributed by atoms with Crippen LogP contribution < -0.4 is 0 Å². The highest BCUT2D eigenvalue weighted by Gasteiger charge is 2.20. The molecule has 1 atom stereocenters. The van der Waals surface area contributed by atoms with E-state index in [1.165, 1.54) is 25.7 Å². The van der Waals surface area contributed by atoms with Gasteiger partial charge in [-0.1, -0.05) is 38.5 Å². The molecule has 100 valence electrons. The number of aliphatic hydroxyl groups is 1. The Labute approximate surface area is 107 Å². The molecule has 18 heavy (non-hydrogen) atoms. The summed E-state index contributed by atoms with van der Waals surface area (Å²) in [6.07, 6.45) is 6.71. The van der Waals surface area contributed by atoms with E-state index in [4.69, 9.17) is 0 Å². The first-order valence-corrected chi connectivity index (χ1v) is 6.80. The minimum absolute atomic E-state index is 0.0965. The van der Waals surface area contributed by atoms with Crippen molar-refractivity contribution in [2.45, 2.75) is 51.0 Å². The van der Waals surface area contributed by atoms with E-state index in [-0.39, 0.29) is 5.56 Å². The molecule has 0 radical (unpaired) electrons. The third kappa shape index (κ3) is 3.52. The van der Waals surface area contributed by atoms with Gasteiger partial charge in [0.25, 0.3) is 0 Å². The van der Waals surface area contributed by atoms with E-state index < -0.39 is 17.7 Å². The van der Waals surface area contributed by atoms with Crippen molar-refractivity contribution in [3.8, 4) is 0 Å². The van der Waals surface area contributed by atoms with Crippen molar-refractivity contribution >= 4 is 0 Å². The standard InChI is InChI=1S/C15H20F2O/c16-12-7-8-14(17)13(10-12)15(18)9-11-5-3-1-2-4-6-11/h7-8,10-11,15,18H,1-6,9H2. The molecule has 0 saturated heterocycles. The second-order valence-corrected chi connectivity index (χ2v) is 5.27. The average Bonchev–Trinajstić information content (AvgIpc) is 2.61. The van der Waals surface area contributed by atoms with Gasteiger partial charge in [0.05, 0.1) is 6.10 Å². The highest BCUT2D eigenvalue weighted by molar-refractivity contribution is 5.21. The Morgan fingerprint density at radius 1 is 1.11 bits per heavy atom. The summed E-state index contributed by atoms with van der Waals surface area (Å²) in [6.45, 7) is 0. The monoisotopic (exact) mass is 254 g/mol. The molecule has 1 saturated carbocycles. The van der Waals surface area contributed by atoms with Gasteiger partial charge < -0.3 is 5.11 Å². The third-order valence-electron chi connectivity index (χ3n) is 3.85. The smallest absolute Gasteiger partial charge is 0.129 e. The highest BCUT2D eigenvalue weighted by Crippen LogP contribution is 2.32. The molecule has 1 N–H and O–H groups in total. The van der Waals surface area contributed by atoms with Gasteiger partial charge in [-0.25, -0.2) is 8.78 Å². The van der Waals surface area contributed by atoms with E-state index in [0.29, 0.717) is 12.3 Å². The van der Waals surface area contributed by atoms with Crippen molar-refractivity contribution in [3.05, 3.63) is 35.4 Å². The first kappa shape index (κ1) is 13.5. The number of hydrogen-bond acceptors (Lipinski definition) is 1. The molecular formula is C15H20F2O. The van der Waals surface area contributed by atoms with E-state index in [1.807, 2.05) is 0 Å². The largest absolute Gasteiger partial charge is 0.388 e. The maximum absolute atomic E-state index is 13.5. The van der Waals surface area contributed by atoms with Gasteiger partial charge >= 0.3 is 0 Å². The molecule has 0 heterocycles. The Balaban J connectivity index is 2.01. The molecule has 2 rings (SSSR count). The first-order valence-electron chi connectivity index (χ1n) is 6.80. The quantitative estimate of drug-likeness (QED) is 0.795. The lowest BCUT2D eigenvalue weighted by Gasteiger charge is -2.19. The van der Waals surface area contributed by atoms with Crippen LogP contribution in [0, 0.1) is 17.6 Å². The van der Waals surface area contributed by atoms with Crippen molar-refractivity contribution in [2.24, 2.45) is 5.92 Å². The van der Waals surface area contributed by atoms with Crippen LogP contribution in [0.4, 0.5) is 8.78 Å². The Kier molecular flexibility index (Phi) is 4.70. The van der Waals surface area contributed by atoms with Gasteiger partial charge in [0.15, 0.2) is 0 Å². The molecule has 0 amide bonds. The Morgan fingerprint density at radius 3 is 2.44 bits per heavy atom. The lowest BCUT2D eigenvalue weighted by molar-refractivity contribution is 0.135. The molecule has 0 spiro atoms. The summed E-state index contributed by atoms with van der Waals surface area (Å²) in [7, 11) is 0. The fourth-order valence-electron chi connectivity index (χ4n) is 2.81. The Bertz CT molecular complexity index is 384. The molecule has 1 aliphatic rings. The molecule has 0 bridgehead atoms. The lowest BCUT2D eigenvalue weighted by Crippen LogP contribution is -2.09. The number of rotatable bonds is 3. The van der Waals surface area contributed by atoms with Gasteiger partial charge in [-0.3, -0.25) is 0 Å². The maximum Gasteiger partial charge on any atom is 0.129 e. The molecule has 1 aromatic carbocycles. The zero-order valence-electron chi connectivity index (χ0n) is 10.5. The van der Waals surface area contributed by atoms with Gasteiger partial charge in [-0.2, -0.15) is 0 Å². The van der Waals surface area contributed by atoms with Crippen LogP contribution in [0.1, 0.15) is 56.6 Å². The molecule has 1 aliphatic carbocycles. The number of halogens is 2. The fraction of sp³-hybridized carbons (Fsp3) is 0.600. The van der Waals surface area contributed by atoms with Crippen LogP contribution in [0.15, 0.2) is 18.2 Å². The van der Waals surface area contributed by atoms with E-state index in [1.54, 1.807) is 0 Å². The zero-order chi connectivity index (χ0) is 13.0. The summed E-state index contributed by atoms with van der Waals surface area (Å²) >= 11 is 0. The predicted molar refractivity (Wildman–Crippen MR) is 67.1 cm³/mol. The molecule has 3 heteroatoms. The van der Waals surface area contributed by atoms with Gasteiger partial charge in [0.2, 0.25) is 0 Å². The molecule has 1 fully saturated rings. The number of hydrogen-bond donors (Lipinski definition) is 1. The summed E-state index contributed by atoms with van der Waals surface area (Å²) in [5.41, 5.74) is 0.0965. The van der Waals surface area contributed by atoms with Crippen LogP contribution in [-0.2, 0) is 0 Å². The van der Waals surface area contributed by atoms with Crippen LogP contribution in [0.2, 0.25) is 0 Å². The molecule has 1 nitrogen and oxygen atoms in total. The highest BCUT2D eigenvalue weighted by atomic mass is 19.1. The third-order valence-corrected chi connectivity index (χ3v) is 3.85. The summed E-state index contributed by atoms with van der Waals surface area (Å²) < 4.78 is 26.6. The van der Waals surface area contributed by atoms with E-state index in [9.17, 15) is 13.9 Å². The summed E-state index contributed by atoms with van der Waals surface area (Å²) in [4.78, 5) is 0. The fourth-order valence-corrected chi connectivity index (χ4v) is 2.81. The second kappa shape index (κ2) is 6.28. The lowest BCUT2D eigenvalue weighted by atomic mass is 9.91. The van der Waals surface area contributed by atoms with E-state index in [2.05, 4.69) is 0 Å². The Hall–Kier alpha value is -0.960. The maximum atomic E-state index is 13.5. The molecular weight excluding hydrogens is 234 g/mol. The summed E-state index contributed by atoms with van der Waals surface area (Å²) in [5.74, 6) is -0.575. The predicted octanol–water partition coefficient (Wildman–Crippen LogP) is 4.36. The van der Waals surface area contributed by atoms with E-state index in [0.717, 1.165) is 31.0 Å². The number of benzene rings is 1. The first-order chi connectivity index (χ1) is 8.66. The van der Waals surface area contributed by atoms with Crippen molar-refractivity contribution in [3.63, 3.8) is 0 Å². The second-order valence-electron chi connectivity index (χ2n) is 5.27. The van der Waals surface area contributed by atoms with Gasteiger partial charge in [0, 0.05) is 5.56 Å². The Morgan fingerprint density at radius 2 is 1.78 bits per heavy atom. The van der Waals surface area contributed by atoms with Gasteiger partial charge in [-0.15, -0.1) is 0 Å². The molecule has 0 aromatic heterocycles. The zero-order valence-corrected chi connectivity index (χ0v) is 10.5. The molecule has 1 aromatic rings. The van der Waals surface area contributed by atoms with Crippen LogP contribution in [0.3, 0.4) is 0 Å². The number of aliphatic hydroxyl groups excluding tert-OH is 1. The van der Waals surface area contributed by atoms with Crippen LogP contribution in [0.5, 0.6) is 0 Å². The summed E-state index contributed by atoms with van der Waals surface area (Å²) in [6, 6.07) is 3.27. The van der Waals surface area contributed by atoms with Crippen molar-refractivity contribution in [2.75, 3.05) is 0 Å². The van der Waals surface area contributed by atoms with Crippen LogP contribution in [0.25, 0.3) is 0 Å². The topological polar surface area (TPSA) is 20.2 Å². The van der Waals surface area contributed by atoms with Crippen LogP contribution >= 0.6 is 0 Å². The molecule has 1 unspecified atom stereocenters. The van der Waals surface area contributed by atoms with E-state index >= 15 is 0 Å². The van der Waals surface area contributed by atoms with Crippen molar-refractivity contribution in [1.82, 2.24) is 0 Å². The van der Waals surface area contributed by atoms with Gasteiger partial charge in [0.1, 0.15) is 11.6 Å². The molecule has 0 aliphatic heterocycles.